The van der Waals surface area contributed by atoms with Crippen LogP contribution in [0.25, 0.3) is 10.9 Å². The monoisotopic (exact) mass is 312 g/mol. The molecule has 0 saturated heterocycles. The van der Waals surface area contributed by atoms with Gasteiger partial charge in [0.2, 0.25) is 0 Å². The lowest BCUT2D eigenvalue weighted by Crippen LogP contribution is -2.21. The van der Waals surface area contributed by atoms with Crippen molar-refractivity contribution in [3.63, 3.8) is 0 Å². The highest BCUT2D eigenvalue weighted by atomic mass is 19.1. The Morgan fingerprint density at radius 3 is 2.78 bits per heavy atom. The molecule has 0 amide bonds. The van der Waals surface area contributed by atoms with E-state index < -0.39 is 11.6 Å². The topological polar surface area (TPSA) is 27.8 Å². The number of fused-ring (bicyclic) bond motifs is 3. The molecule has 2 aromatic carbocycles. The molecule has 2 nitrogen and oxygen atoms in total. The number of rotatable bonds is 3. The number of H-pyrrole nitrogens is 1. The minimum Gasteiger partial charge on any atom is -0.385 e. The van der Waals surface area contributed by atoms with Crippen LogP contribution in [0.4, 0.5) is 14.5 Å². The number of hydrogen-bond donors (Lipinski definition) is 2. The second-order valence-electron chi connectivity index (χ2n) is 6.25. The van der Waals surface area contributed by atoms with Crippen molar-refractivity contribution in [1.82, 2.24) is 4.98 Å². The quantitative estimate of drug-likeness (QED) is 0.723. The van der Waals surface area contributed by atoms with Crippen LogP contribution in [0.5, 0.6) is 0 Å². The first-order valence-corrected chi connectivity index (χ1v) is 7.98. The second kappa shape index (κ2) is 5.69. The predicted molar refractivity (Wildman–Crippen MR) is 88.7 cm³/mol. The smallest absolute Gasteiger partial charge is 0.150 e. The number of anilines is 1. The molecule has 1 unspecified atom stereocenters. The van der Waals surface area contributed by atoms with Crippen LogP contribution in [-0.2, 0) is 12.8 Å². The maximum absolute atomic E-state index is 13.9. The zero-order valence-electron chi connectivity index (χ0n) is 12.7. The summed E-state index contributed by atoms with van der Waals surface area (Å²) in [6.07, 6.45) is 2.77. The molecule has 0 saturated carbocycles. The molecule has 0 aliphatic heterocycles. The van der Waals surface area contributed by atoms with Gasteiger partial charge in [0.25, 0.3) is 0 Å². The number of nitrogens with one attached hydrogen (secondary N) is 2. The van der Waals surface area contributed by atoms with Gasteiger partial charge in [0.15, 0.2) is 0 Å². The summed E-state index contributed by atoms with van der Waals surface area (Å²) in [6.45, 7) is 0.869. The average molecular weight is 312 g/mol. The summed E-state index contributed by atoms with van der Waals surface area (Å²) in [5.41, 5.74) is 3.67. The Kier molecular flexibility index (Phi) is 3.52. The molecule has 23 heavy (non-hydrogen) atoms. The number of benzene rings is 2. The minimum absolute atomic E-state index is 0.438. The van der Waals surface area contributed by atoms with E-state index in [2.05, 4.69) is 10.3 Å². The lowest BCUT2D eigenvalue weighted by atomic mass is 9.86. The molecule has 0 bridgehead atoms. The summed E-state index contributed by atoms with van der Waals surface area (Å²) in [6, 6.07) is 12.5. The van der Waals surface area contributed by atoms with E-state index in [0.29, 0.717) is 16.8 Å². The summed E-state index contributed by atoms with van der Waals surface area (Å²) in [5, 5.41) is 4.15. The van der Waals surface area contributed by atoms with Crippen LogP contribution in [0.3, 0.4) is 0 Å². The van der Waals surface area contributed by atoms with Gasteiger partial charge in [-0.15, -0.1) is 0 Å². The summed E-state index contributed by atoms with van der Waals surface area (Å²) in [4.78, 5) is 3.14. The van der Waals surface area contributed by atoms with E-state index in [-0.39, 0.29) is 0 Å². The maximum atomic E-state index is 13.9. The van der Waals surface area contributed by atoms with Gasteiger partial charge in [-0.25, -0.2) is 8.78 Å². The van der Waals surface area contributed by atoms with Gasteiger partial charge in [-0.05, 0) is 48.9 Å². The number of aryl methyl sites for hydroxylation is 1. The van der Waals surface area contributed by atoms with E-state index in [0.717, 1.165) is 48.8 Å². The fraction of sp³-hybridized carbons (Fsp3) is 0.263. The predicted octanol–water partition coefficient (Wildman–Crippen LogP) is 4.66. The Labute approximate surface area is 133 Å². The second-order valence-corrected chi connectivity index (χ2v) is 6.25. The highest BCUT2D eigenvalue weighted by Gasteiger charge is 2.24. The van der Waals surface area contributed by atoms with Crippen LogP contribution in [0, 0.1) is 17.6 Å². The molecule has 4 heteroatoms. The Bertz CT molecular complexity index is 839. The lowest BCUT2D eigenvalue weighted by Gasteiger charge is -2.23. The number of halogens is 2. The Morgan fingerprint density at radius 1 is 1.13 bits per heavy atom. The van der Waals surface area contributed by atoms with Gasteiger partial charge in [0.05, 0.1) is 5.52 Å². The van der Waals surface area contributed by atoms with Gasteiger partial charge < -0.3 is 10.3 Å². The first kappa shape index (κ1) is 14.2. The molecule has 3 aromatic rings. The van der Waals surface area contributed by atoms with Crippen molar-refractivity contribution < 1.29 is 8.78 Å². The van der Waals surface area contributed by atoms with Gasteiger partial charge in [-0.1, -0.05) is 18.2 Å². The first-order chi connectivity index (χ1) is 11.2. The molecule has 1 aromatic heterocycles. The van der Waals surface area contributed by atoms with Gasteiger partial charge in [0, 0.05) is 29.4 Å². The van der Waals surface area contributed by atoms with Gasteiger partial charge in [-0.3, -0.25) is 0 Å². The van der Waals surface area contributed by atoms with Crippen LogP contribution in [0.15, 0.2) is 42.5 Å². The van der Waals surface area contributed by atoms with E-state index in [9.17, 15) is 8.78 Å². The number of aromatic amines is 1. The molecule has 1 heterocycles. The van der Waals surface area contributed by atoms with Crippen molar-refractivity contribution >= 4 is 16.6 Å². The Hall–Kier alpha value is -2.36. The standard InChI is InChI=1S/C19H18F2N2/c20-13-9-16-15-8-12(11-22-14-4-2-1-3-5-14)6-7-18(15)23-19(16)17(21)10-13/h1-5,9-10,12,22-23H,6-8,11H2. The molecular weight excluding hydrogens is 294 g/mol. The third-order valence-corrected chi connectivity index (χ3v) is 4.68. The molecule has 118 valence electrons. The average Bonchev–Trinajstić information content (AvgIpc) is 2.92. The zero-order valence-corrected chi connectivity index (χ0v) is 12.7. The highest BCUT2D eigenvalue weighted by molar-refractivity contribution is 5.85. The Morgan fingerprint density at radius 2 is 1.96 bits per heavy atom. The van der Waals surface area contributed by atoms with Crippen molar-refractivity contribution in [2.45, 2.75) is 19.3 Å². The van der Waals surface area contributed by atoms with Gasteiger partial charge in [-0.2, -0.15) is 0 Å². The van der Waals surface area contributed by atoms with Crippen LogP contribution < -0.4 is 5.32 Å². The summed E-state index contributed by atoms with van der Waals surface area (Å²) < 4.78 is 27.5. The molecular formula is C19H18F2N2. The third kappa shape index (κ3) is 2.69. The van der Waals surface area contributed by atoms with Gasteiger partial charge in [0.1, 0.15) is 11.6 Å². The summed E-state index contributed by atoms with van der Waals surface area (Å²) >= 11 is 0. The molecule has 1 aliphatic carbocycles. The molecule has 1 atom stereocenters. The molecule has 0 spiro atoms. The largest absolute Gasteiger partial charge is 0.385 e. The van der Waals surface area contributed by atoms with Crippen molar-refractivity contribution in [3.05, 3.63) is 65.4 Å². The van der Waals surface area contributed by atoms with E-state index in [1.807, 2.05) is 30.3 Å². The number of para-hydroxylation sites is 1. The van der Waals surface area contributed by atoms with E-state index in [4.69, 9.17) is 0 Å². The molecule has 2 N–H and O–H groups in total. The fourth-order valence-corrected chi connectivity index (χ4v) is 3.51. The maximum Gasteiger partial charge on any atom is 0.150 e. The number of aromatic nitrogens is 1. The van der Waals surface area contributed by atoms with E-state index >= 15 is 0 Å². The van der Waals surface area contributed by atoms with Crippen LogP contribution in [-0.4, -0.2) is 11.5 Å². The summed E-state index contributed by atoms with van der Waals surface area (Å²) in [7, 11) is 0. The third-order valence-electron chi connectivity index (χ3n) is 4.68. The highest BCUT2D eigenvalue weighted by Crippen LogP contribution is 2.33. The van der Waals surface area contributed by atoms with Crippen LogP contribution >= 0.6 is 0 Å². The normalized spacial score (nSPS) is 17.2. The number of hydrogen-bond acceptors (Lipinski definition) is 1. The van der Waals surface area contributed by atoms with Crippen molar-refractivity contribution in [1.29, 1.82) is 0 Å². The molecule has 4 rings (SSSR count). The fourth-order valence-electron chi connectivity index (χ4n) is 3.51. The van der Waals surface area contributed by atoms with Crippen LogP contribution in [0.1, 0.15) is 17.7 Å². The Balaban J connectivity index is 1.56. The van der Waals surface area contributed by atoms with Crippen molar-refractivity contribution in [2.24, 2.45) is 5.92 Å². The lowest BCUT2D eigenvalue weighted by molar-refractivity contribution is 0.479. The zero-order chi connectivity index (χ0) is 15.8. The molecule has 0 fully saturated rings. The summed E-state index contributed by atoms with van der Waals surface area (Å²) in [5.74, 6) is -0.553. The van der Waals surface area contributed by atoms with Gasteiger partial charge >= 0.3 is 0 Å². The van der Waals surface area contributed by atoms with E-state index in [1.165, 1.54) is 6.07 Å². The van der Waals surface area contributed by atoms with E-state index in [1.54, 1.807) is 0 Å². The SMILES string of the molecule is Fc1cc(F)c2[nH]c3c(c2c1)CC(CNc1ccccc1)CC3. The van der Waals surface area contributed by atoms with Crippen molar-refractivity contribution in [3.8, 4) is 0 Å². The molecule has 1 aliphatic rings. The first-order valence-electron chi connectivity index (χ1n) is 7.98. The minimum atomic E-state index is -0.513. The van der Waals surface area contributed by atoms with Crippen LogP contribution in [0.2, 0.25) is 0 Å². The van der Waals surface area contributed by atoms with Crippen molar-refractivity contribution in [2.75, 3.05) is 11.9 Å². The molecule has 0 radical (unpaired) electrons.